The minimum atomic E-state index is -1.53. The van der Waals surface area contributed by atoms with Crippen molar-refractivity contribution in [3.8, 4) is 5.75 Å². The van der Waals surface area contributed by atoms with Crippen LogP contribution in [0.3, 0.4) is 0 Å². The molecular formula is C15H14ClFO2. The summed E-state index contributed by atoms with van der Waals surface area (Å²) in [7, 11) is 1.38. The SMILES string of the molecule is COc1cccc(C(C)(O)c2ccccc2Cl)c1F. The molecule has 0 aliphatic carbocycles. The molecule has 0 saturated heterocycles. The number of hydrogen-bond donors (Lipinski definition) is 1. The summed E-state index contributed by atoms with van der Waals surface area (Å²) >= 11 is 6.07. The Bertz CT molecular complexity index is 596. The highest BCUT2D eigenvalue weighted by Gasteiger charge is 2.31. The van der Waals surface area contributed by atoms with Crippen LogP contribution >= 0.6 is 11.6 Å². The van der Waals surface area contributed by atoms with Crippen LogP contribution in [0.4, 0.5) is 4.39 Å². The first kappa shape index (κ1) is 13.8. The average molecular weight is 281 g/mol. The number of hydrogen-bond acceptors (Lipinski definition) is 2. The van der Waals surface area contributed by atoms with Gasteiger partial charge in [-0.2, -0.15) is 0 Å². The van der Waals surface area contributed by atoms with Gasteiger partial charge in [0.25, 0.3) is 0 Å². The quantitative estimate of drug-likeness (QED) is 0.928. The van der Waals surface area contributed by atoms with Gasteiger partial charge in [0.2, 0.25) is 0 Å². The topological polar surface area (TPSA) is 29.5 Å². The molecule has 0 bridgehead atoms. The van der Waals surface area contributed by atoms with Crippen LogP contribution in [0.5, 0.6) is 5.75 Å². The highest BCUT2D eigenvalue weighted by Crippen LogP contribution is 2.37. The molecule has 0 aromatic heterocycles. The Hall–Kier alpha value is -1.58. The van der Waals surface area contributed by atoms with E-state index >= 15 is 0 Å². The number of rotatable bonds is 3. The van der Waals surface area contributed by atoms with Crippen molar-refractivity contribution in [1.29, 1.82) is 0 Å². The molecule has 2 aromatic rings. The summed E-state index contributed by atoms with van der Waals surface area (Å²) in [5.41, 5.74) is -0.958. The molecule has 1 atom stereocenters. The average Bonchev–Trinajstić information content (AvgIpc) is 2.39. The molecule has 0 radical (unpaired) electrons. The van der Waals surface area contributed by atoms with Crippen molar-refractivity contribution in [2.24, 2.45) is 0 Å². The minimum Gasteiger partial charge on any atom is -0.494 e. The molecule has 0 fully saturated rings. The summed E-state index contributed by atoms with van der Waals surface area (Å²) in [6.45, 7) is 1.51. The first-order valence-corrected chi connectivity index (χ1v) is 6.16. The van der Waals surface area contributed by atoms with E-state index in [1.54, 1.807) is 30.3 Å². The maximum absolute atomic E-state index is 14.3. The highest BCUT2D eigenvalue weighted by molar-refractivity contribution is 6.31. The zero-order valence-corrected chi connectivity index (χ0v) is 11.4. The summed E-state index contributed by atoms with van der Waals surface area (Å²) in [5, 5.41) is 11.0. The predicted molar refractivity (Wildman–Crippen MR) is 73.1 cm³/mol. The Morgan fingerprint density at radius 2 is 1.74 bits per heavy atom. The Labute approximate surface area is 116 Å². The molecule has 0 amide bonds. The number of methoxy groups -OCH3 is 1. The van der Waals surface area contributed by atoms with Gasteiger partial charge in [0, 0.05) is 16.1 Å². The number of benzene rings is 2. The van der Waals surface area contributed by atoms with Gasteiger partial charge in [-0.3, -0.25) is 0 Å². The first-order valence-electron chi connectivity index (χ1n) is 5.79. The molecule has 19 heavy (non-hydrogen) atoms. The summed E-state index contributed by atoms with van der Waals surface area (Å²) in [4.78, 5) is 0. The van der Waals surface area contributed by atoms with Crippen molar-refractivity contribution < 1.29 is 14.2 Å². The van der Waals surface area contributed by atoms with Gasteiger partial charge >= 0.3 is 0 Å². The molecule has 0 heterocycles. The van der Waals surface area contributed by atoms with Gasteiger partial charge in [0.05, 0.1) is 7.11 Å². The Balaban J connectivity index is 2.60. The van der Waals surface area contributed by atoms with Crippen molar-refractivity contribution in [3.05, 3.63) is 64.4 Å². The second kappa shape index (κ2) is 5.19. The fraction of sp³-hybridized carbons (Fsp3) is 0.200. The van der Waals surface area contributed by atoms with Crippen molar-refractivity contribution in [1.82, 2.24) is 0 Å². The highest BCUT2D eigenvalue weighted by atomic mass is 35.5. The van der Waals surface area contributed by atoms with Crippen molar-refractivity contribution in [3.63, 3.8) is 0 Å². The molecule has 0 saturated carbocycles. The van der Waals surface area contributed by atoms with Gasteiger partial charge < -0.3 is 9.84 Å². The maximum Gasteiger partial charge on any atom is 0.171 e. The van der Waals surface area contributed by atoms with Crippen LogP contribution in [0.15, 0.2) is 42.5 Å². The maximum atomic E-state index is 14.3. The molecule has 0 aliphatic rings. The molecule has 2 nitrogen and oxygen atoms in total. The molecule has 2 rings (SSSR count). The molecular weight excluding hydrogens is 267 g/mol. The Kier molecular flexibility index (Phi) is 3.78. The molecule has 0 aliphatic heterocycles. The molecule has 1 N–H and O–H groups in total. The fourth-order valence-corrected chi connectivity index (χ4v) is 2.37. The van der Waals surface area contributed by atoms with Crippen LogP contribution in [-0.2, 0) is 5.60 Å². The van der Waals surface area contributed by atoms with Crippen LogP contribution in [0, 0.1) is 5.82 Å². The Morgan fingerprint density at radius 1 is 1.11 bits per heavy atom. The van der Waals surface area contributed by atoms with Crippen LogP contribution in [-0.4, -0.2) is 12.2 Å². The third kappa shape index (κ3) is 2.44. The predicted octanol–water partition coefficient (Wildman–Crippen LogP) is 3.74. The first-order chi connectivity index (χ1) is 8.98. The zero-order valence-electron chi connectivity index (χ0n) is 10.7. The Morgan fingerprint density at radius 3 is 2.37 bits per heavy atom. The van der Waals surface area contributed by atoms with Crippen LogP contribution < -0.4 is 4.74 Å². The van der Waals surface area contributed by atoms with Gasteiger partial charge in [-0.25, -0.2) is 4.39 Å². The van der Waals surface area contributed by atoms with Crippen LogP contribution in [0.25, 0.3) is 0 Å². The normalized spacial score (nSPS) is 13.9. The minimum absolute atomic E-state index is 0.0878. The van der Waals surface area contributed by atoms with Gasteiger partial charge in [0.15, 0.2) is 11.6 Å². The lowest BCUT2D eigenvalue weighted by Gasteiger charge is -2.26. The van der Waals surface area contributed by atoms with Gasteiger partial charge in [-0.1, -0.05) is 41.9 Å². The molecule has 100 valence electrons. The van der Waals surface area contributed by atoms with E-state index in [9.17, 15) is 9.50 Å². The lowest BCUT2D eigenvalue weighted by Crippen LogP contribution is -2.25. The summed E-state index contributed by atoms with van der Waals surface area (Å²) in [5.74, 6) is -0.500. The third-order valence-corrected chi connectivity index (χ3v) is 3.44. The van der Waals surface area contributed by atoms with Crippen molar-refractivity contribution in [2.75, 3.05) is 7.11 Å². The lowest BCUT2D eigenvalue weighted by atomic mass is 9.87. The second-order valence-corrected chi connectivity index (χ2v) is 4.78. The van der Waals surface area contributed by atoms with Gasteiger partial charge in [-0.05, 0) is 19.1 Å². The largest absolute Gasteiger partial charge is 0.494 e. The van der Waals surface area contributed by atoms with Crippen LogP contribution in [0.2, 0.25) is 5.02 Å². The molecule has 1 unspecified atom stereocenters. The number of aliphatic hydroxyl groups is 1. The molecule has 2 aromatic carbocycles. The number of ether oxygens (including phenoxy) is 1. The molecule has 4 heteroatoms. The molecule has 0 spiro atoms. The number of halogens is 2. The van der Waals surface area contributed by atoms with Crippen molar-refractivity contribution in [2.45, 2.75) is 12.5 Å². The van der Waals surface area contributed by atoms with E-state index in [0.29, 0.717) is 10.6 Å². The van der Waals surface area contributed by atoms with E-state index in [1.165, 1.54) is 26.2 Å². The summed E-state index contributed by atoms with van der Waals surface area (Å²) < 4.78 is 19.2. The lowest BCUT2D eigenvalue weighted by molar-refractivity contribution is 0.0973. The summed E-state index contributed by atoms with van der Waals surface area (Å²) in [6.07, 6.45) is 0. The van der Waals surface area contributed by atoms with E-state index in [0.717, 1.165) is 0 Å². The van der Waals surface area contributed by atoms with E-state index < -0.39 is 11.4 Å². The standard InChI is InChI=1S/C15H14ClFO2/c1-15(18,10-6-3-4-8-12(10)16)11-7-5-9-13(19-2)14(11)17/h3-9,18H,1-2H3. The van der Waals surface area contributed by atoms with Gasteiger partial charge in [0.1, 0.15) is 5.60 Å². The third-order valence-electron chi connectivity index (χ3n) is 3.11. The van der Waals surface area contributed by atoms with E-state index in [4.69, 9.17) is 16.3 Å². The van der Waals surface area contributed by atoms with Crippen molar-refractivity contribution >= 4 is 11.6 Å². The van der Waals surface area contributed by atoms with Crippen LogP contribution in [0.1, 0.15) is 18.1 Å². The van der Waals surface area contributed by atoms with E-state index in [-0.39, 0.29) is 11.3 Å². The fourth-order valence-electron chi connectivity index (χ4n) is 2.05. The smallest absolute Gasteiger partial charge is 0.171 e. The zero-order chi connectivity index (χ0) is 14.0. The van der Waals surface area contributed by atoms with E-state index in [2.05, 4.69) is 0 Å². The van der Waals surface area contributed by atoms with Gasteiger partial charge in [-0.15, -0.1) is 0 Å². The monoisotopic (exact) mass is 280 g/mol. The second-order valence-electron chi connectivity index (χ2n) is 4.37. The summed E-state index contributed by atoms with van der Waals surface area (Å²) in [6, 6.07) is 11.5. The van der Waals surface area contributed by atoms with E-state index in [1.807, 2.05) is 0 Å².